The van der Waals surface area contributed by atoms with Crippen LogP contribution in [0.1, 0.15) is 29.8 Å². The molecular formula is C20H21FN2O5S. The van der Waals surface area contributed by atoms with Crippen molar-refractivity contribution in [1.29, 1.82) is 0 Å². The second-order valence-corrected chi connectivity index (χ2v) is 8.86. The first-order valence-electron chi connectivity index (χ1n) is 8.96. The van der Waals surface area contributed by atoms with E-state index in [1.54, 1.807) is 19.1 Å². The Balaban J connectivity index is 1.69. The van der Waals surface area contributed by atoms with Gasteiger partial charge in [0.15, 0.2) is 6.10 Å². The number of rotatable bonds is 5. The highest BCUT2D eigenvalue weighted by atomic mass is 32.2. The Labute approximate surface area is 168 Å². The van der Waals surface area contributed by atoms with Gasteiger partial charge in [0.25, 0.3) is 5.91 Å². The number of ether oxygens (including phenoxy) is 1. The van der Waals surface area contributed by atoms with Crippen LogP contribution in [0.5, 0.6) is 0 Å². The molecule has 0 aliphatic carbocycles. The summed E-state index contributed by atoms with van der Waals surface area (Å²) in [6.07, 6.45) is 0.541. The number of carbonyl (C=O) groups is 2. The highest BCUT2D eigenvalue weighted by molar-refractivity contribution is 7.92. The van der Waals surface area contributed by atoms with Crippen LogP contribution in [0.15, 0.2) is 42.5 Å². The molecule has 0 unspecified atom stereocenters. The molecule has 3 rings (SSSR count). The summed E-state index contributed by atoms with van der Waals surface area (Å²) in [5, 5.41) is 2.54. The molecule has 0 saturated carbocycles. The Kier molecular flexibility index (Phi) is 5.61. The van der Waals surface area contributed by atoms with E-state index >= 15 is 0 Å². The average Bonchev–Trinajstić information content (AvgIpc) is 2.98. The van der Waals surface area contributed by atoms with Crippen LogP contribution in [0.2, 0.25) is 0 Å². The summed E-state index contributed by atoms with van der Waals surface area (Å²) in [6, 6.07) is 9.60. The molecular weight excluding hydrogens is 399 g/mol. The number of sulfonamides is 1. The van der Waals surface area contributed by atoms with Crippen LogP contribution in [-0.2, 0) is 26.0 Å². The number of carbonyl (C=O) groups excluding carboxylic acids is 2. The topological polar surface area (TPSA) is 92.8 Å². The SMILES string of the molecule is C[C@H](OC(=O)c1ccc2c(c1)C[C@@H](C)N2S(C)(=O)=O)C(=O)Nc1ccc(F)cc1. The van der Waals surface area contributed by atoms with E-state index in [9.17, 15) is 22.4 Å². The average molecular weight is 420 g/mol. The largest absolute Gasteiger partial charge is 0.449 e. The van der Waals surface area contributed by atoms with Gasteiger partial charge < -0.3 is 10.1 Å². The summed E-state index contributed by atoms with van der Waals surface area (Å²) in [7, 11) is -3.42. The lowest BCUT2D eigenvalue weighted by molar-refractivity contribution is -0.123. The van der Waals surface area contributed by atoms with Gasteiger partial charge in [-0.05, 0) is 68.3 Å². The lowest BCUT2D eigenvalue weighted by Gasteiger charge is -2.22. The van der Waals surface area contributed by atoms with E-state index in [-0.39, 0.29) is 11.6 Å². The quantitative estimate of drug-likeness (QED) is 0.751. The third kappa shape index (κ3) is 4.56. The molecule has 1 N–H and O–H groups in total. The van der Waals surface area contributed by atoms with Crippen LogP contribution in [0, 0.1) is 5.82 Å². The van der Waals surface area contributed by atoms with E-state index in [1.807, 2.05) is 0 Å². The molecule has 0 saturated heterocycles. The van der Waals surface area contributed by atoms with Gasteiger partial charge in [0, 0.05) is 11.7 Å². The smallest absolute Gasteiger partial charge is 0.338 e. The minimum atomic E-state index is -3.42. The van der Waals surface area contributed by atoms with Gasteiger partial charge >= 0.3 is 5.97 Å². The van der Waals surface area contributed by atoms with Crippen LogP contribution in [0.3, 0.4) is 0 Å². The van der Waals surface area contributed by atoms with Gasteiger partial charge in [0.05, 0.1) is 17.5 Å². The third-order valence-electron chi connectivity index (χ3n) is 4.59. The number of fused-ring (bicyclic) bond motifs is 1. The van der Waals surface area contributed by atoms with Gasteiger partial charge in [-0.25, -0.2) is 17.6 Å². The van der Waals surface area contributed by atoms with Gasteiger partial charge in [-0.15, -0.1) is 0 Å². The molecule has 0 bridgehead atoms. The molecule has 7 nitrogen and oxygen atoms in total. The fraction of sp³-hybridized carbons (Fsp3) is 0.300. The van der Waals surface area contributed by atoms with Crippen LogP contribution in [-0.4, -0.2) is 38.7 Å². The van der Waals surface area contributed by atoms with E-state index in [4.69, 9.17) is 4.74 Å². The normalized spacial score (nSPS) is 16.8. The van der Waals surface area contributed by atoms with Gasteiger partial charge in [0.1, 0.15) is 5.82 Å². The fourth-order valence-electron chi connectivity index (χ4n) is 3.29. The summed E-state index contributed by atoms with van der Waals surface area (Å²) in [5.41, 5.74) is 1.87. The minimum Gasteiger partial charge on any atom is -0.449 e. The molecule has 1 heterocycles. The van der Waals surface area contributed by atoms with E-state index in [0.717, 1.165) is 11.8 Å². The Bertz CT molecular complexity index is 1050. The maximum atomic E-state index is 12.9. The molecule has 2 atom stereocenters. The van der Waals surface area contributed by atoms with Crippen LogP contribution < -0.4 is 9.62 Å². The third-order valence-corrected chi connectivity index (χ3v) is 5.86. The number of nitrogens with one attached hydrogen (secondary N) is 1. The number of esters is 1. The van der Waals surface area contributed by atoms with Crippen LogP contribution >= 0.6 is 0 Å². The van der Waals surface area contributed by atoms with Crippen molar-refractivity contribution in [2.45, 2.75) is 32.4 Å². The zero-order chi connectivity index (χ0) is 21.3. The molecule has 1 aliphatic heterocycles. The number of nitrogens with zero attached hydrogens (tertiary/aromatic N) is 1. The molecule has 29 heavy (non-hydrogen) atoms. The lowest BCUT2D eigenvalue weighted by Crippen LogP contribution is -2.34. The highest BCUT2D eigenvalue weighted by Crippen LogP contribution is 2.34. The van der Waals surface area contributed by atoms with Crippen molar-refractivity contribution in [2.24, 2.45) is 0 Å². The summed E-state index contributed by atoms with van der Waals surface area (Å²) in [5.74, 6) is -1.68. The molecule has 1 amide bonds. The second-order valence-electron chi connectivity index (χ2n) is 7.00. The number of anilines is 2. The summed E-state index contributed by atoms with van der Waals surface area (Å²) in [6.45, 7) is 3.22. The van der Waals surface area contributed by atoms with Gasteiger partial charge in [0.2, 0.25) is 10.0 Å². The molecule has 154 valence electrons. The van der Waals surface area contributed by atoms with E-state index in [1.165, 1.54) is 41.6 Å². The van der Waals surface area contributed by atoms with Crippen molar-refractivity contribution in [1.82, 2.24) is 0 Å². The first-order valence-corrected chi connectivity index (χ1v) is 10.8. The molecule has 0 fully saturated rings. The molecule has 1 aliphatic rings. The Hall–Kier alpha value is -2.94. The minimum absolute atomic E-state index is 0.229. The predicted molar refractivity (Wildman–Crippen MR) is 107 cm³/mol. The van der Waals surface area contributed by atoms with Crippen molar-refractivity contribution >= 4 is 33.3 Å². The van der Waals surface area contributed by atoms with Crippen molar-refractivity contribution in [2.75, 3.05) is 15.9 Å². The van der Waals surface area contributed by atoms with E-state index in [2.05, 4.69) is 5.32 Å². The molecule has 0 spiro atoms. The second kappa shape index (κ2) is 7.82. The van der Waals surface area contributed by atoms with E-state index in [0.29, 0.717) is 17.8 Å². The van der Waals surface area contributed by atoms with Crippen molar-refractivity contribution < 1.29 is 27.1 Å². The maximum absolute atomic E-state index is 12.9. The number of amides is 1. The maximum Gasteiger partial charge on any atom is 0.338 e. The molecule has 9 heteroatoms. The van der Waals surface area contributed by atoms with Gasteiger partial charge in [-0.2, -0.15) is 0 Å². The predicted octanol–water partition coefficient (Wildman–Crippen LogP) is 2.72. The molecule has 0 radical (unpaired) electrons. The number of hydrogen-bond acceptors (Lipinski definition) is 5. The van der Waals surface area contributed by atoms with Crippen molar-refractivity contribution in [3.8, 4) is 0 Å². The molecule has 2 aromatic rings. The Morgan fingerprint density at radius 3 is 2.48 bits per heavy atom. The first kappa shape index (κ1) is 20.8. The van der Waals surface area contributed by atoms with Crippen LogP contribution in [0.4, 0.5) is 15.8 Å². The van der Waals surface area contributed by atoms with Crippen molar-refractivity contribution in [3.05, 3.63) is 59.4 Å². The van der Waals surface area contributed by atoms with Gasteiger partial charge in [-0.3, -0.25) is 9.10 Å². The number of benzene rings is 2. The van der Waals surface area contributed by atoms with E-state index < -0.39 is 33.8 Å². The zero-order valence-corrected chi connectivity index (χ0v) is 17.0. The van der Waals surface area contributed by atoms with Crippen molar-refractivity contribution in [3.63, 3.8) is 0 Å². The zero-order valence-electron chi connectivity index (χ0n) is 16.2. The Morgan fingerprint density at radius 1 is 1.21 bits per heavy atom. The molecule has 2 aromatic carbocycles. The van der Waals surface area contributed by atoms with Gasteiger partial charge in [-0.1, -0.05) is 0 Å². The number of hydrogen-bond donors (Lipinski definition) is 1. The highest BCUT2D eigenvalue weighted by Gasteiger charge is 2.33. The Morgan fingerprint density at radius 2 is 1.86 bits per heavy atom. The summed E-state index contributed by atoms with van der Waals surface area (Å²) < 4.78 is 43.4. The standard InChI is InChI=1S/C20H21FN2O5S/c1-12-10-15-11-14(4-9-18(15)23(12)29(3,26)27)20(25)28-13(2)19(24)22-17-7-5-16(21)6-8-17/h4-9,11-13H,10H2,1-3H3,(H,22,24)/t12-,13+/m1/s1. The first-order chi connectivity index (χ1) is 13.6. The number of halogens is 1. The lowest BCUT2D eigenvalue weighted by atomic mass is 10.1. The fourth-order valence-corrected chi connectivity index (χ4v) is 4.56. The van der Waals surface area contributed by atoms with Crippen LogP contribution in [0.25, 0.3) is 0 Å². The summed E-state index contributed by atoms with van der Waals surface area (Å²) >= 11 is 0. The molecule has 0 aromatic heterocycles. The summed E-state index contributed by atoms with van der Waals surface area (Å²) in [4.78, 5) is 24.6. The monoisotopic (exact) mass is 420 g/mol.